The minimum Gasteiger partial charge on any atom is -0.454 e. The summed E-state index contributed by atoms with van der Waals surface area (Å²) in [4.78, 5) is 16.4. The van der Waals surface area contributed by atoms with Gasteiger partial charge in [-0.1, -0.05) is 11.3 Å². The third-order valence-electron chi connectivity index (χ3n) is 4.27. The number of piperazine rings is 1. The fourth-order valence-electron chi connectivity index (χ4n) is 2.96. The summed E-state index contributed by atoms with van der Waals surface area (Å²) in [6.07, 6.45) is 0.193. The molecule has 1 aromatic carbocycles. The van der Waals surface area contributed by atoms with Crippen molar-refractivity contribution in [2.45, 2.75) is 13.0 Å². The molecule has 0 radical (unpaired) electrons. The van der Waals surface area contributed by atoms with Crippen LogP contribution in [0.2, 0.25) is 0 Å². The van der Waals surface area contributed by atoms with Crippen LogP contribution in [0.3, 0.4) is 0 Å². The van der Waals surface area contributed by atoms with E-state index >= 15 is 0 Å². The number of ether oxygens (including phenoxy) is 2. The lowest BCUT2D eigenvalue weighted by Crippen LogP contribution is -2.48. The highest BCUT2D eigenvalue weighted by atomic mass is 16.7. The number of hydrogen-bond donors (Lipinski definition) is 1. The van der Waals surface area contributed by atoms with Gasteiger partial charge in [0.2, 0.25) is 12.7 Å². The second kappa shape index (κ2) is 6.44. The van der Waals surface area contributed by atoms with Crippen molar-refractivity contribution in [2.75, 3.05) is 33.0 Å². The molecule has 1 N–H and O–H groups in total. The van der Waals surface area contributed by atoms with Gasteiger partial charge in [0.1, 0.15) is 0 Å². The predicted octanol–water partition coefficient (Wildman–Crippen LogP) is -0.185. The second-order valence-electron chi connectivity index (χ2n) is 5.85. The molecule has 9 heteroatoms. The number of nitrogens with zero attached hydrogens (tertiary/aromatic N) is 5. The first-order valence-corrected chi connectivity index (χ1v) is 7.89. The number of aromatic nitrogens is 4. The molecule has 24 heavy (non-hydrogen) atoms. The molecule has 4 rings (SSSR count). The molecule has 126 valence electrons. The molecule has 0 unspecified atom stereocenters. The Morgan fingerprint density at radius 2 is 2.00 bits per heavy atom. The Morgan fingerprint density at radius 3 is 2.79 bits per heavy atom. The number of H-pyrrole nitrogens is 1. The van der Waals surface area contributed by atoms with E-state index in [-0.39, 0.29) is 12.3 Å². The summed E-state index contributed by atoms with van der Waals surface area (Å²) in [5.74, 6) is 2.08. The van der Waals surface area contributed by atoms with Crippen molar-refractivity contribution in [1.82, 2.24) is 30.4 Å². The van der Waals surface area contributed by atoms with Crippen LogP contribution in [0.25, 0.3) is 0 Å². The molecule has 2 aliphatic rings. The van der Waals surface area contributed by atoms with Gasteiger partial charge in [-0.05, 0) is 17.7 Å². The van der Waals surface area contributed by atoms with Gasteiger partial charge >= 0.3 is 0 Å². The number of carbonyl (C=O) groups is 1. The number of fused-ring (bicyclic) bond motifs is 1. The second-order valence-corrected chi connectivity index (χ2v) is 5.85. The van der Waals surface area contributed by atoms with E-state index in [4.69, 9.17) is 9.47 Å². The van der Waals surface area contributed by atoms with Crippen LogP contribution in [0, 0.1) is 0 Å². The number of amides is 1. The summed E-state index contributed by atoms with van der Waals surface area (Å²) in [6, 6.07) is 6.03. The minimum atomic E-state index is 0.0409. The number of rotatable bonds is 4. The van der Waals surface area contributed by atoms with Gasteiger partial charge < -0.3 is 14.4 Å². The first kappa shape index (κ1) is 14.9. The molecule has 2 aliphatic heterocycles. The normalized spacial score (nSPS) is 17.2. The van der Waals surface area contributed by atoms with Gasteiger partial charge in [-0.3, -0.25) is 9.69 Å². The summed E-state index contributed by atoms with van der Waals surface area (Å²) in [7, 11) is 0. The van der Waals surface area contributed by atoms with E-state index < -0.39 is 0 Å². The average Bonchev–Trinajstić information content (AvgIpc) is 3.26. The van der Waals surface area contributed by atoms with Crippen LogP contribution in [0.5, 0.6) is 11.5 Å². The third-order valence-corrected chi connectivity index (χ3v) is 4.27. The number of nitrogens with one attached hydrogen (secondary N) is 1. The molecule has 1 aromatic heterocycles. The molecule has 0 atom stereocenters. The summed E-state index contributed by atoms with van der Waals surface area (Å²) in [6.45, 7) is 4.23. The van der Waals surface area contributed by atoms with Gasteiger partial charge in [-0.2, -0.15) is 5.21 Å². The smallest absolute Gasteiger partial charge is 0.231 e. The van der Waals surface area contributed by atoms with Crippen molar-refractivity contribution in [3.8, 4) is 11.5 Å². The quantitative estimate of drug-likeness (QED) is 0.830. The summed E-state index contributed by atoms with van der Waals surface area (Å²) < 4.78 is 10.7. The van der Waals surface area contributed by atoms with Gasteiger partial charge in [-0.15, -0.1) is 10.2 Å². The van der Waals surface area contributed by atoms with E-state index in [1.54, 1.807) is 0 Å². The maximum absolute atomic E-state index is 12.2. The van der Waals surface area contributed by atoms with Crippen LogP contribution in [0.15, 0.2) is 18.2 Å². The van der Waals surface area contributed by atoms with Crippen molar-refractivity contribution < 1.29 is 14.3 Å². The number of carbonyl (C=O) groups excluding carboxylic acids is 1. The first-order chi connectivity index (χ1) is 11.8. The summed E-state index contributed by atoms with van der Waals surface area (Å²) in [5, 5.41) is 13.5. The van der Waals surface area contributed by atoms with Crippen LogP contribution < -0.4 is 9.47 Å². The topological polar surface area (TPSA) is 96.5 Å². The van der Waals surface area contributed by atoms with Gasteiger partial charge in [-0.25, -0.2) is 0 Å². The van der Waals surface area contributed by atoms with E-state index in [1.807, 2.05) is 17.0 Å². The van der Waals surface area contributed by atoms with Gasteiger partial charge in [0.25, 0.3) is 0 Å². The molecule has 1 saturated heterocycles. The van der Waals surface area contributed by atoms with Crippen molar-refractivity contribution >= 4 is 5.91 Å². The lowest BCUT2D eigenvalue weighted by atomic mass is 10.1. The Bertz CT molecular complexity index is 712. The van der Waals surface area contributed by atoms with Crippen LogP contribution in [0.4, 0.5) is 0 Å². The Labute approximate surface area is 138 Å². The molecule has 1 amide bonds. The maximum atomic E-state index is 12.2. The van der Waals surface area contributed by atoms with Crippen molar-refractivity contribution in [1.29, 1.82) is 0 Å². The largest absolute Gasteiger partial charge is 0.454 e. The molecule has 2 aromatic rings. The molecule has 0 saturated carbocycles. The van der Waals surface area contributed by atoms with E-state index in [9.17, 15) is 4.79 Å². The van der Waals surface area contributed by atoms with Gasteiger partial charge in [0, 0.05) is 32.7 Å². The zero-order chi connectivity index (χ0) is 16.4. The highest BCUT2D eigenvalue weighted by Gasteiger charge is 2.23. The highest BCUT2D eigenvalue weighted by Crippen LogP contribution is 2.32. The molecule has 9 nitrogen and oxygen atoms in total. The van der Waals surface area contributed by atoms with E-state index in [2.05, 4.69) is 31.6 Å². The molecule has 0 aliphatic carbocycles. The van der Waals surface area contributed by atoms with E-state index in [0.29, 0.717) is 25.7 Å². The highest BCUT2D eigenvalue weighted by molar-refractivity contribution is 5.78. The average molecular weight is 330 g/mol. The Hall–Kier alpha value is -2.68. The summed E-state index contributed by atoms with van der Waals surface area (Å²) in [5.41, 5.74) is 1.19. The minimum absolute atomic E-state index is 0.0409. The number of benzene rings is 1. The lowest BCUT2D eigenvalue weighted by molar-refractivity contribution is -0.132. The van der Waals surface area contributed by atoms with Crippen molar-refractivity contribution in [3.63, 3.8) is 0 Å². The Morgan fingerprint density at radius 1 is 1.17 bits per heavy atom. The van der Waals surface area contributed by atoms with Crippen LogP contribution >= 0.6 is 0 Å². The molecule has 0 spiro atoms. The standard InChI is InChI=1S/C15H18N6O3/c22-15(8-14-16-18-19-17-14)21-5-3-20(4-6-21)9-11-1-2-12-13(7-11)24-10-23-12/h1-2,7H,3-6,8-10H2,(H,16,17,18,19). The first-order valence-electron chi connectivity index (χ1n) is 7.89. The van der Waals surface area contributed by atoms with E-state index in [0.717, 1.165) is 31.1 Å². The van der Waals surface area contributed by atoms with Gasteiger partial charge in [0.05, 0.1) is 6.42 Å². The predicted molar refractivity (Wildman–Crippen MR) is 82.3 cm³/mol. The maximum Gasteiger partial charge on any atom is 0.231 e. The number of tetrazole rings is 1. The fourth-order valence-corrected chi connectivity index (χ4v) is 2.96. The number of hydrogen-bond acceptors (Lipinski definition) is 7. The molecule has 1 fully saturated rings. The third kappa shape index (κ3) is 3.16. The molecule has 0 bridgehead atoms. The summed E-state index contributed by atoms with van der Waals surface area (Å²) >= 11 is 0. The Balaban J connectivity index is 1.29. The van der Waals surface area contributed by atoms with Crippen molar-refractivity contribution in [2.24, 2.45) is 0 Å². The van der Waals surface area contributed by atoms with Crippen LogP contribution in [0.1, 0.15) is 11.4 Å². The molecular weight excluding hydrogens is 312 g/mol. The lowest BCUT2D eigenvalue weighted by Gasteiger charge is -2.34. The number of aromatic amines is 1. The SMILES string of the molecule is O=C(Cc1nn[nH]n1)N1CCN(Cc2ccc3c(c2)OCO3)CC1. The molecule has 3 heterocycles. The monoisotopic (exact) mass is 330 g/mol. The van der Waals surface area contributed by atoms with Crippen LogP contribution in [-0.4, -0.2) is 69.3 Å². The zero-order valence-corrected chi connectivity index (χ0v) is 13.1. The van der Waals surface area contributed by atoms with E-state index in [1.165, 1.54) is 5.56 Å². The van der Waals surface area contributed by atoms with Crippen LogP contribution in [-0.2, 0) is 17.8 Å². The van der Waals surface area contributed by atoms with Crippen molar-refractivity contribution in [3.05, 3.63) is 29.6 Å². The van der Waals surface area contributed by atoms with Gasteiger partial charge in [0.15, 0.2) is 17.3 Å². The zero-order valence-electron chi connectivity index (χ0n) is 13.1. The Kier molecular flexibility index (Phi) is 3.99. The molecular formula is C15H18N6O3. The fraction of sp³-hybridized carbons (Fsp3) is 0.467.